The molecule has 0 bridgehead atoms. The largest absolute Gasteiger partial charge is 0.394 e. The third kappa shape index (κ3) is 39.8. The van der Waals surface area contributed by atoms with Gasteiger partial charge in [0, 0.05) is 6.42 Å². The Morgan fingerprint density at radius 1 is 0.478 bits per heavy atom. The van der Waals surface area contributed by atoms with Gasteiger partial charge in [-0.1, -0.05) is 269 Å². The molecule has 0 spiro atoms. The predicted molar refractivity (Wildman–Crippen MR) is 290 cm³/mol. The van der Waals surface area contributed by atoms with Crippen LogP contribution >= 0.6 is 0 Å². The molecule has 408 valence electrons. The SMILES string of the molecule is CCCCC/C=C/C(O)C(COC1OC(CO)C(O)C(O)C1O)NC(=O)CCCCCCCCCCCCCCCCCCCCCCCCCCCCCCC/C=C\CCCCCCCCCC. The number of ether oxygens (including phenoxy) is 2. The number of carbonyl (C=O) groups excluding carboxylic acids is 1. The third-order valence-electron chi connectivity index (χ3n) is 14.5. The van der Waals surface area contributed by atoms with Crippen LogP contribution in [0.3, 0.4) is 0 Å². The topological polar surface area (TPSA) is 149 Å². The summed E-state index contributed by atoms with van der Waals surface area (Å²) in [5.41, 5.74) is 0. The number of amides is 1. The molecule has 0 aromatic rings. The number of aliphatic hydroxyl groups is 5. The summed E-state index contributed by atoms with van der Waals surface area (Å²) in [4.78, 5) is 12.9. The van der Waals surface area contributed by atoms with Crippen molar-refractivity contribution in [2.24, 2.45) is 0 Å². The predicted octanol–water partition coefficient (Wildman–Crippen LogP) is 15.0. The minimum absolute atomic E-state index is 0.179. The van der Waals surface area contributed by atoms with E-state index >= 15 is 0 Å². The van der Waals surface area contributed by atoms with E-state index in [1.165, 1.54) is 231 Å². The summed E-state index contributed by atoms with van der Waals surface area (Å²) in [5, 5.41) is 53.8. The zero-order chi connectivity index (χ0) is 50.1. The van der Waals surface area contributed by atoms with E-state index in [0.717, 1.165) is 44.9 Å². The van der Waals surface area contributed by atoms with Gasteiger partial charge in [0.25, 0.3) is 0 Å². The number of allylic oxidation sites excluding steroid dienone is 3. The molecule has 1 rings (SSSR count). The Bertz CT molecular complexity index is 1130. The van der Waals surface area contributed by atoms with Crippen LogP contribution < -0.4 is 5.32 Å². The molecule has 0 aromatic carbocycles. The highest BCUT2D eigenvalue weighted by atomic mass is 16.7. The van der Waals surface area contributed by atoms with Gasteiger partial charge in [-0.05, 0) is 44.9 Å². The number of unbranched alkanes of at least 4 members (excludes halogenated alkanes) is 40. The standard InChI is InChI=1S/C60H115NO8/c1-3-5-7-9-10-11-12-13-14-15-16-17-18-19-20-21-22-23-24-25-26-27-28-29-30-31-32-33-34-35-36-37-38-39-40-41-42-43-44-46-48-50-56(64)61-53(54(63)49-47-45-8-6-4-2)52-68-60-59(67)58(66)57(65)55(51-62)69-60/h15-16,47,49,53-55,57-60,62-63,65-67H,3-14,17-46,48,50-52H2,1-2H3,(H,61,64)/b16-15-,49-47+. The van der Waals surface area contributed by atoms with Crippen molar-refractivity contribution >= 4 is 5.91 Å². The van der Waals surface area contributed by atoms with Crippen molar-refractivity contribution in [3.05, 3.63) is 24.3 Å². The fourth-order valence-corrected chi connectivity index (χ4v) is 9.74. The smallest absolute Gasteiger partial charge is 0.220 e. The van der Waals surface area contributed by atoms with Crippen molar-refractivity contribution in [3.63, 3.8) is 0 Å². The number of hydrogen-bond acceptors (Lipinski definition) is 8. The summed E-state index contributed by atoms with van der Waals surface area (Å²) in [7, 11) is 0. The Kier molecular flexibility index (Phi) is 47.8. The summed E-state index contributed by atoms with van der Waals surface area (Å²) in [5.74, 6) is -0.179. The minimum Gasteiger partial charge on any atom is -0.394 e. The average molecular weight is 979 g/mol. The molecule has 69 heavy (non-hydrogen) atoms. The van der Waals surface area contributed by atoms with E-state index in [-0.39, 0.29) is 12.5 Å². The van der Waals surface area contributed by atoms with Crippen LogP contribution in [0.5, 0.6) is 0 Å². The summed E-state index contributed by atoms with van der Waals surface area (Å²) in [6.45, 7) is 3.68. The highest BCUT2D eigenvalue weighted by molar-refractivity contribution is 5.76. The lowest BCUT2D eigenvalue weighted by Gasteiger charge is -2.40. The first kappa shape index (κ1) is 65.7. The van der Waals surface area contributed by atoms with Gasteiger partial charge in [-0.15, -0.1) is 0 Å². The zero-order valence-electron chi connectivity index (χ0n) is 45.3. The van der Waals surface area contributed by atoms with Crippen LogP contribution in [-0.4, -0.2) is 87.5 Å². The van der Waals surface area contributed by atoms with Gasteiger partial charge < -0.3 is 40.3 Å². The molecule has 0 saturated carbocycles. The summed E-state index contributed by atoms with van der Waals surface area (Å²) in [6, 6.07) is -0.797. The van der Waals surface area contributed by atoms with Crippen LogP contribution in [0.15, 0.2) is 24.3 Å². The molecular formula is C60H115NO8. The number of nitrogens with one attached hydrogen (secondary N) is 1. The van der Waals surface area contributed by atoms with Gasteiger partial charge in [0.1, 0.15) is 24.4 Å². The Morgan fingerprint density at radius 2 is 0.812 bits per heavy atom. The van der Waals surface area contributed by atoms with E-state index in [4.69, 9.17) is 9.47 Å². The first-order valence-electron chi connectivity index (χ1n) is 30.1. The molecule has 0 radical (unpaired) electrons. The third-order valence-corrected chi connectivity index (χ3v) is 14.5. The number of rotatable bonds is 52. The van der Waals surface area contributed by atoms with Crippen molar-refractivity contribution in [2.45, 2.75) is 339 Å². The van der Waals surface area contributed by atoms with E-state index < -0.39 is 49.5 Å². The van der Waals surface area contributed by atoms with Gasteiger partial charge in [0.15, 0.2) is 6.29 Å². The Balaban J connectivity index is 1.89. The molecule has 0 aromatic heterocycles. The van der Waals surface area contributed by atoms with Gasteiger partial charge in [0.2, 0.25) is 5.91 Å². The second-order valence-corrected chi connectivity index (χ2v) is 21.1. The van der Waals surface area contributed by atoms with E-state index in [1.54, 1.807) is 6.08 Å². The van der Waals surface area contributed by atoms with E-state index in [9.17, 15) is 30.3 Å². The lowest BCUT2D eigenvalue weighted by molar-refractivity contribution is -0.302. The van der Waals surface area contributed by atoms with Crippen molar-refractivity contribution < 1.29 is 39.8 Å². The lowest BCUT2D eigenvalue weighted by atomic mass is 9.99. The van der Waals surface area contributed by atoms with Crippen LogP contribution in [0.2, 0.25) is 0 Å². The van der Waals surface area contributed by atoms with Crippen LogP contribution in [0.4, 0.5) is 0 Å². The molecule has 7 atom stereocenters. The number of hydrogen-bond donors (Lipinski definition) is 6. The maximum absolute atomic E-state index is 12.9. The molecular weight excluding hydrogens is 863 g/mol. The van der Waals surface area contributed by atoms with Gasteiger partial charge in [-0.2, -0.15) is 0 Å². The molecule has 1 aliphatic rings. The second-order valence-electron chi connectivity index (χ2n) is 21.1. The van der Waals surface area contributed by atoms with Gasteiger partial charge >= 0.3 is 0 Å². The molecule has 1 aliphatic heterocycles. The summed E-state index contributed by atoms with van der Waals surface area (Å²) < 4.78 is 11.1. The van der Waals surface area contributed by atoms with Gasteiger partial charge in [0.05, 0.1) is 25.4 Å². The van der Waals surface area contributed by atoms with Crippen LogP contribution in [-0.2, 0) is 14.3 Å². The first-order valence-corrected chi connectivity index (χ1v) is 30.1. The maximum Gasteiger partial charge on any atom is 0.220 e. The highest BCUT2D eigenvalue weighted by Crippen LogP contribution is 2.23. The molecule has 0 aliphatic carbocycles. The van der Waals surface area contributed by atoms with Crippen LogP contribution in [0.1, 0.15) is 296 Å². The van der Waals surface area contributed by atoms with Crippen molar-refractivity contribution in [3.8, 4) is 0 Å². The van der Waals surface area contributed by atoms with E-state index in [2.05, 4.69) is 31.3 Å². The molecule has 1 saturated heterocycles. The van der Waals surface area contributed by atoms with E-state index in [0.29, 0.717) is 6.42 Å². The average Bonchev–Trinajstić information content (AvgIpc) is 3.35. The van der Waals surface area contributed by atoms with Gasteiger partial charge in [-0.25, -0.2) is 0 Å². The normalized spacial score (nSPS) is 19.6. The minimum atomic E-state index is -1.56. The first-order chi connectivity index (χ1) is 33.8. The van der Waals surface area contributed by atoms with Crippen LogP contribution in [0, 0.1) is 0 Å². The van der Waals surface area contributed by atoms with Gasteiger partial charge in [-0.3, -0.25) is 4.79 Å². The fourth-order valence-electron chi connectivity index (χ4n) is 9.74. The van der Waals surface area contributed by atoms with Crippen molar-refractivity contribution in [1.29, 1.82) is 0 Å². The summed E-state index contributed by atoms with van der Waals surface area (Å²) in [6.07, 6.45) is 57.9. The fraction of sp³-hybridized carbons (Fsp3) is 0.917. The molecule has 1 fully saturated rings. The maximum atomic E-state index is 12.9. The van der Waals surface area contributed by atoms with E-state index in [1.807, 2.05) is 6.08 Å². The molecule has 1 amide bonds. The Labute approximate surface area is 426 Å². The quantitative estimate of drug-likeness (QED) is 0.0261. The number of aliphatic hydroxyl groups excluding tert-OH is 5. The monoisotopic (exact) mass is 978 g/mol. The zero-order valence-corrected chi connectivity index (χ0v) is 45.3. The summed E-state index contributed by atoms with van der Waals surface area (Å²) >= 11 is 0. The molecule has 1 heterocycles. The molecule has 9 heteroatoms. The Morgan fingerprint density at radius 3 is 1.20 bits per heavy atom. The molecule has 6 N–H and O–H groups in total. The lowest BCUT2D eigenvalue weighted by Crippen LogP contribution is -2.60. The van der Waals surface area contributed by atoms with Crippen LogP contribution in [0.25, 0.3) is 0 Å². The van der Waals surface area contributed by atoms with Crippen molar-refractivity contribution in [2.75, 3.05) is 13.2 Å². The Hall–Kier alpha value is -1.33. The van der Waals surface area contributed by atoms with Crippen molar-refractivity contribution in [1.82, 2.24) is 5.32 Å². The molecule has 7 unspecified atom stereocenters. The molecule has 9 nitrogen and oxygen atoms in total. The highest BCUT2D eigenvalue weighted by Gasteiger charge is 2.44. The second kappa shape index (κ2) is 50.2. The number of carbonyl (C=O) groups is 1.